The van der Waals surface area contributed by atoms with Gasteiger partial charge in [-0.05, 0) is 49.0 Å². The maximum atomic E-state index is 11.8. The number of benzene rings is 1. The third kappa shape index (κ3) is 4.72. The van der Waals surface area contributed by atoms with Crippen LogP contribution in [0.25, 0.3) is 5.70 Å². The molecule has 0 fully saturated rings. The van der Waals surface area contributed by atoms with Crippen LogP contribution in [0.15, 0.2) is 65.3 Å². The SMILES string of the molecule is C=CCNC(=S)NC1=NC2NC(c3ccc(C(=O)OCC)cc3)=CN=C2C=C1. The Labute approximate surface area is 169 Å². The zero-order valence-corrected chi connectivity index (χ0v) is 16.3. The quantitative estimate of drug-likeness (QED) is 0.402. The Morgan fingerprint density at radius 2 is 2.14 bits per heavy atom. The minimum Gasteiger partial charge on any atom is -0.462 e. The standard InChI is InChI=1S/C20H21N5O2S/c1-3-11-21-20(28)25-17-10-9-15-18(24-17)23-16(12-22-15)13-5-7-14(8-6-13)19(26)27-4-2/h3,5-10,12,18,23H,1,4,11H2,2H3,(H2,21,24,25,28). The molecule has 1 atom stereocenters. The van der Waals surface area contributed by atoms with Crippen LogP contribution in [0.2, 0.25) is 0 Å². The Kier molecular flexibility index (Phi) is 6.33. The fourth-order valence-corrected chi connectivity index (χ4v) is 2.79. The lowest BCUT2D eigenvalue weighted by atomic mass is 10.1. The molecule has 1 unspecified atom stereocenters. The number of ether oxygens (including phenoxy) is 1. The highest BCUT2D eigenvalue weighted by molar-refractivity contribution is 7.80. The van der Waals surface area contributed by atoms with Gasteiger partial charge < -0.3 is 20.7 Å². The van der Waals surface area contributed by atoms with Crippen LogP contribution in [0, 0.1) is 0 Å². The van der Waals surface area contributed by atoms with E-state index in [1.165, 1.54) is 0 Å². The largest absolute Gasteiger partial charge is 0.462 e. The molecule has 3 rings (SSSR count). The van der Waals surface area contributed by atoms with Gasteiger partial charge in [0.05, 0.1) is 29.8 Å². The Bertz CT molecular complexity index is 900. The number of hydrogen-bond acceptors (Lipinski definition) is 6. The van der Waals surface area contributed by atoms with Crippen molar-refractivity contribution in [2.45, 2.75) is 13.1 Å². The van der Waals surface area contributed by atoms with E-state index in [-0.39, 0.29) is 12.1 Å². The second-order valence-electron chi connectivity index (χ2n) is 5.91. The van der Waals surface area contributed by atoms with Crippen molar-refractivity contribution in [1.82, 2.24) is 16.0 Å². The van der Waals surface area contributed by atoms with Crippen LogP contribution in [0.3, 0.4) is 0 Å². The van der Waals surface area contributed by atoms with Crippen LogP contribution in [-0.2, 0) is 4.74 Å². The van der Waals surface area contributed by atoms with E-state index in [0.29, 0.717) is 29.7 Å². The molecular weight excluding hydrogens is 374 g/mol. The molecule has 7 nitrogen and oxygen atoms in total. The summed E-state index contributed by atoms with van der Waals surface area (Å²) in [6.07, 6.45) is 6.87. The lowest BCUT2D eigenvalue weighted by Gasteiger charge is -2.25. The predicted octanol–water partition coefficient (Wildman–Crippen LogP) is 2.15. The molecule has 1 aromatic carbocycles. The number of esters is 1. The summed E-state index contributed by atoms with van der Waals surface area (Å²) in [6, 6.07) is 7.16. The van der Waals surface area contributed by atoms with E-state index in [1.807, 2.05) is 24.3 Å². The molecule has 8 heteroatoms. The van der Waals surface area contributed by atoms with Crippen molar-refractivity contribution < 1.29 is 9.53 Å². The zero-order chi connectivity index (χ0) is 19.9. The second kappa shape index (κ2) is 9.09. The van der Waals surface area contributed by atoms with Crippen molar-refractivity contribution in [3.8, 4) is 0 Å². The molecule has 144 valence electrons. The summed E-state index contributed by atoms with van der Waals surface area (Å²) in [5, 5.41) is 9.86. The van der Waals surface area contributed by atoms with E-state index in [9.17, 15) is 4.79 Å². The first-order chi connectivity index (χ1) is 13.6. The number of nitrogens with zero attached hydrogens (tertiary/aromatic N) is 2. The molecule has 0 bridgehead atoms. The number of carbonyl (C=O) groups is 1. The number of hydrogen-bond donors (Lipinski definition) is 3. The summed E-state index contributed by atoms with van der Waals surface area (Å²) >= 11 is 5.21. The number of rotatable bonds is 5. The highest BCUT2D eigenvalue weighted by Gasteiger charge is 2.22. The van der Waals surface area contributed by atoms with Crippen molar-refractivity contribution >= 4 is 40.5 Å². The fraction of sp³-hybridized carbons (Fsp3) is 0.200. The maximum Gasteiger partial charge on any atom is 0.338 e. The van der Waals surface area contributed by atoms with E-state index in [2.05, 4.69) is 32.5 Å². The summed E-state index contributed by atoms with van der Waals surface area (Å²) in [7, 11) is 0. The summed E-state index contributed by atoms with van der Waals surface area (Å²) in [6.45, 7) is 6.35. The molecule has 0 amide bonds. The van der Waals surface area contributed by atoms with Crippen LogP contribution >= 0.6 is 12.2 Å². The van der Waals surface area contributed by atoms with E-state index >= 15 is 0 Å². The van der Waals surface area contributed by atoms with Crippen LogP contribution in [0.5, 0.6) is 0 Å². The van der Waals surface area contributed by atoms with Gasteiger partial charge in [0.2, 0.25) is 0 Å². The van der Waals surface area contributed by atoms with Gasteiger partial charge in [0.15, 0.2) is 11.3 Å². The molecule has 2 aliphatic heterocycles. The van der Waals surface area contributed by atoms with Crippen molar-refractivity contribution in [2.24, 2.45) is 9.98 Å². The molecule has 1 aromatic rings. The highest BCUT2D eigenvalue weighted by atomic mass is 32.1. The molecular formula is C20H21N5O2S. The van der Waals surface area contributed by atoms with Crippen LogP contribution in [0.1, 0.15) is 22.8 Å². The minimum atomic E-state index is -0.335. The van der Waals surface area contributed by atoms with E-state index in [4.69, 9.17) is 17.0 Å². The smallest absolute Gasteiger partial charge is 0.338 e. The topological polar surface area (TPSA) is 87.1 Å². The molecule has 2 aliphatic rings. The van der Waals surface area contributed by atoms with E-state index in [1.54, 1.807) is 31.3 Å². The summed E-state index contributed by atoms with van der Waals surface area (Å²) in [5.74, 6) is 0.302. The number of aliphatic imine (C=N–C) groups is 2. The lowest BCUT2D eigenvalue weighted by Crippen LogP contribution is -2.44. The Morgan fingerprint density at radius 1 is 1.36 bits per heavy atom. The van der Waals surface area contributed by atoms with Gasteiger partial charge in [0.1, 0.15) is 5.84 Å². The van der Waals surface area contributed by atoms with Gasteiger partial charge in [-0.2, -0.15) is 0 Å². The Balaban J connectivity index is 1.69. The second-order valence-corrected chi connectivity index (χ2v) is 6.32. The van der Waals surface area contributed by atoms with Gasteiger partial charge >= 0.3 is 5.97 Å². The fourth-order valence-electron chi connectivity index (χ4n) is 2.60. The average molecular weight is 395 g/mol. The van der Waals surface area contributed by atoms with Gasteiger partial charge in [-0.25, -0.2) is 9.79 Å². The van der Waals surface area contributed by atoms with Gasteiger partial charge in [-0.15, -0.1) is 6.58 Å². The lowest BCUT2D eigenvalue weighted by molar-refractivity contribution is 0.0526. The molecule has 2 heterocycles. The van der Waals surface area contributed by atoms with Crippen LogP contribution in [-0.4, -0.2) is 41.9 Å². The van der Waals surface area contributed by atoms with Crippen molar-refractivity contribution in [1.29, 1.82) is 0 Å². The Hall–Kier alpha value is -3.26. The van der Waals surface area contributed by atoms with Gasteiger partial charge in [0.25, 0.3) is 0 Å². The first kappa shape index (κ1) is 19.5. The van der Waals surface area contributed by atoms with Gasteiger partial charge in [0, 0.05) is 6.54 Å². The first-order valence-electron chi connectivity index (χ1n) is 8.84. The molecule has 3 N–H and O–H groups in total. The maximum absolute atomic E-state index is 11.8. The molecule has 0 saturated heterocycles. The molecule has 28 heavy (non-hydrogen) atoms. The number of nitrogens with one attached hydrogen (secondary N) is 3. The third-order valence-electron chi connectivity index (χ3n) is 3.95. The summed E-state index contributed by atoms with van der Waals surface area (Å²) < 4.78 is 5.01. The normalized spacial score (nSPS) is 17.2. The first-order valence-corrected chi connectivity index (χ1v) is 9.25. The number of carbonyl (C=O) groups excluding carboxylic acids is 1. The van der Waals surface area contributed by atoms with E-state index in [0.717, 1.165) is 17.0 Å². The van der Waals surface area contributed by atoms with Crippen molar-refractivity contribution in [3.63, 3.8) is 0 Å². The van der Waals surface area contributed by atoms with Crippen molar-refractivity contribution in [3.05, 3.63) is 66.4 Å². The van der Waals surface area contributed by atoms with Crippen LogP contribution < -0.4 is 16.0 Å². The number of dihydropyridines is 1. The van der Waals surface area contributed by atoms with Crippen molar-refractivity contribution in [2.75, 3.05) is 13.2 Å². The minimum absolute atomic E-state index is 0.320. The Morgan fingerprint density at radius 3 is 2.86 bits per heavy atom. The zero-order valence-electron chi connectivity index (χ0n) is 15.4. The summed E-state index contributed by atoms with van der Waals surface area (Å²) in [5.41, 5.74) is 3.03. The van der Waals surface area contributed by atoms with Crippen LogP contribution in [0.4, 0.5) is 0 Å². The highest BCUT2D eigenvalue weighted by Crippen LogP contribution is 2.19. The number of fused-ring (bicyclic) bond motifs is 1. The summed E-state index contributed by atoms with van der Waals surface area (Å²) in [4.78, 5) is 20.9. The molecule has 0 spiro atoms. The molecule has 0 radical (unpaired) electrons. The monoisotopic (exact) mass is 395 g/mol. The number of thiocarbonyl (C=S) groups is 1. The predicted molar refractivity (Wildman–Crippen MR) is 115 cm³/mol. The average Bonchev–Trinajstić information content (AvgIpc) is 2.72. The molecule has 0 aromatic heterocycles. The third-order valence-corrected chi connectivity index (χ3v) is 4.20. The van der Waals surface area contributed by atoms with Gasteiger partial charge in [-0.1, -0.05) is 18.2 Å². The molecule has 0 aliphatic carbocycles. The molecule has 0 saturated carbocycles. The van der Waals surface area contributed by atoms with Gasteiger partial charge in [-0.3, -0.25) is 4.99 Å². The number of amidine groups is 1. The van der Waals surface area contributed by atoms with E-state index < -0.39 is 0 Å².